The number of nitrogens with two attached hydrogens (primary N) is 1. The maximum atomic E-state index is 5.59. The zero-order valence-electron chi connectivity index (χ0n) is 10.5. The minimum absolute atomic E-state index is 0.402. The zero-order valence-corrected chi connectivity index (χ0v) is 11.3. The highest BCUT2D eigenvalue weighted by Gasteiger charge is 2.15. The summed E-state index contributed by atoms with van der Waals surface area (Å²) >= 11 is 1.76. The second kappa shape index (κ2) is 7.05. The van der Waals surface area contributed by atoms with Crippen molar-refractivity contribution in [3.8, 4) is 0 Å². The normalized spacial score (nSPS) is 11.9. The third-order valence-electron chi connectivity index (χ3n) is 2.94. The Bertz CT molecular complexity index is 267. The Morgan fingerprint density at radius 3 is 2.81 bits per heavy atom. The van der Waals surface area contributed by atoms with Crippen LogP contribution in [0.4, 0.5) is 0 Å². The van der Waals surface area contributed by atoms with Gasteiger partial charge in [0, 0.05) is 6.54 Å². The van der Waals surface area contributed by atoms with Gasteiger partial charge in [0.1, 0.15) is 0 Å². The smallest absolute Gasteiger partial charge is 0.0213 e. The van der Waals surface area contributed by atoms with Gasteiger partial charge in [-0.3, -0.25) is 0 Å². The first-order valence-electron chi connectivity index (χ1n) is 6.06. The first-order chi connectivity index (χ1) is 7.64. The summed E-state index contributed by atoms with van der Waals surface area (Å²) in [5.74, 6) is 0. The molecule has 0 amide bonds. The lowest BCUT2D eigenvalue weighted by atomic mass is 9.84. The highest BCUT2D eigenvalue weighted by Crippen LogP contribution is 2.25. The second-order valence-corrected chi connectivity index (χ2v) is 5.89. The first kappa shape index (κ1) is 13.7. The van der Waals surface area contributed by atoms with Gasteiger partial charge in [-0.05, 0) is 60.2 Å². The molecule has 0 unspecified atom stereocenters. The fourth-order valence-electron chi connectivity index (χ4n) is 1.83. The van der Waals surface area contributed by atoms with E-state index in [9.17, 15) is 0 Å². The Balaban J connectivity index is 2.03. The van der Waals surface area contributed by atoms with Crippen molar-refractivity contribution in [3.63, 3.8) is 0 Å². The van der Waals surface area contributed by atoms with Crippen LogP contribution in [0.2, 0.25) is 0 Å². The monoisotopic (exact) mass is 240 g/mol. The van der Waals surface area contributed by atoms with Gasteiger partial charge in [-0.25, -0.2) is 0 Å². The van der Waals surface area contributed by atoms with Gasteiger partial charge in [-0.1, -0.05) is 13.8 Å². The van der Waals surface area contributed by atoms with Gasteiger partial charge in [0.15, 0.2) is 0 Å². The van der Waals surface area contributed by atoms with Crippen molar-refractivity contribution in [3.05, 3.63) is 22.4 Å². The molecule has 0 spiro atoms. The molecule has 0 fully saturated rings. The lowest BCUT2D eigenvalue weighted by molar-refractivity contribution is 0.302. The molecule has 0 radical (unpaired) electrons. The van der Waals surface area contributed by atoms with Crippen LogP contribution < -0.4 is 11.1 Å². The van der Waals surface area contributed by atoms with Gasteiger partial charge in [0.05, 0.1) is 0 Å². The predicted molar refractivity (Wildman–Crippen MR) is 72.7 cm³/mol. The number of hydrogen-bond donors (Lipinski definition) is 2. The molecule has 1 rings (SSSR count). The fraction of sp³-hybridized carbons (Fsp3) is 0.692. The lowest BCUT2D eigenvalue weighted by Crippen LogP contribution is -2.20. The van der Waals surface area contributed by atoms with E-state index >= 15 is 0 Å². The van der Waals surface area contributed by atoms with Crippen molar-refractivity contribution in [1.82, 2.24) is 5.32 Å². The minimum atomic E-state index is 0.402. The molecule has 3 N–H and O–H groups in total. The minimum Gasteiger partial charge on any atom is -0.330 e. The molecule has 3 heteroatoms. The van der Waals surface area contributed by atoms with Crippen molar-refractivity contribution >= 4 is 11.3 Å². The van der Waals surface area contributed by atoms with Crippen LogP contribution in [0.1, 0.15) is 38.7 Å². The molecule has 0 saturated carbocycles. The van der Waals surface area contributed by atoms with Crippen molar-refractivity contribution in [2.24, 2.45) is 11.1 Å². The van der Waals surface area contributed by atoms with Crippen LogP contribution in [-0.4, -0.2) is 13.1 Å². The van der Waals surface area contributed by atoms with E-state index < -0.39 is 0 Å². The summed E-state index contributed by atoms with van der Waals surface area (Å²) in [6, 6.07) is 2.18. The largest absolute Gasteiger partial charge is 0.330 e. The fourth-order valence-corrected chi connectivity index (χ4v) is 2.50. The number of nitrogens with one attached hydrogen (secondary N) is 1. The van der Waals surface area contributed by atoms with Crippen LogP contribution in [0.3, 0.4) is 0 Å². The van der Waals surface area contributed by atoms with E-state index in [0.717, 1.165) is 26.1 Å². The van der Waals surface area contributed by atoms with Gasteiger partial charge in [0.25, 0.3) is 0 Å². The Hall–Kier alpha value is -0.380. The standard InChI is InChI=1S/C13H24N2S/c1-13(2,6-7-14)5-3-8-15-10-12-4-9-16-11-12/h4,9,11,15H,3,5-8,10,14H2,1-2H3. The van der Waals surface area contributed by atoms with Crippen LogP contribution in [0, 0.1) is 5.41 Å². The maximum absolute atomic E-state index is 5.59. The summed E-state index contributed by atoms with van der Waals surface area (Å²) in [7, 11) is 0. The van der Waals surface area contributed by atoms with E-state index in [1.807, 2.05) is 0 Å². The van der Waals surface area contributed by atoms with Crippen molar-refractivity contribution in [1.29, 1.82) is 0 Å². The molecule has 92 valence electrons. The number of rotatable bonds is 8. The van der Waals surface area contributed by atoms with Crippen LogP contribution in [0.15, 0.2) is 16.8 Å². The Labute approximate surface area is 103 Å². The van der Waals surface area contributed by atoms with E-state index in [0.29, 0.717) is 5.41 Å². The summed E-state index contributed by atoms with van der Waals surface area (Å²) in [5.41, 5.74) is 7.39. The van der Waals surface area contributed by atoms with Crippen LogP contribution in [0.5, 0.6) is 0 Å². The summed E-state index contributed by atoms with van der Waals surface area (Å²) in [6.07, 6.45) is 3.61. The topological polar surface area (TPSA) is 38.0 Å². The molecule has 16 heavy (non-hydrogen) atoms. The van der Waals surface area contributed by atoms with Gasteiger partial charge in [-0.2, -0.15) is 11.3 Å². The highest BCUT2D eigenvalue weighted by atomic mass is 32.1. The molecule has 0 saturated heterocycles. The second-order valence-electron chi connectivity index (χ2n) is 5.11. The van der Waals surface area contributed by atoms with E-state index in [1.54, 1.807) is 11.3 Å². The maximum Gasteiger partial charge on any atom is 0.0213 e. The summed E-state index contributed by atoms with van der Waals surface area (Å²) < 4.78 is 0. The van der Waals surface area contributed by atoms with E-state index in [4.69, 9.17) is 5.73 Å². The quantitative estimate of drug-likeness (QED) is 0.686. The number of hydrogen-bond acceptors (Lipinski definition) is 3. The van der Waals surface area contributed by atoms with Crippen LogP contribution in [0.25, 0.3) is 0 Å². The first-order valence-corrected chi connectivity index (χ1v) is 7.00. The third kappa shape index (κ3) is 5.64. The molecule has 1 heterocycles. The SMILES string of the molecule is CC(C)(CCN)CCCNCc1ccsc1. The van der Waals surface area contributed by atoms with E-state index in [1.165, 1.54) is 18.4 Å². The Kier molecular flexibility index (Phi) is 6.03. The Morgan fingerprint density at radius 2 is 2.19 bits per heavy atom. The Morgan fingerprint density at radius 1 is 1.38 bits per heavy atom. The number of thiophene rings is 1. The predicted octanol–water partition coefficient (Wildman–Crippen LogP) is 2.99. The van der Waals surface area contributed by atoms with Crippen molar-refractivity contribution in [2.45, 2.75) is 39.7 Å². The molecule has 0 aliphatic heterocycles. The molecule has 1 aromatic heterocycles. The molecule has 1 aromatic rings. The van der Waals surface area contributed by atoms with Gasteiger partial charge in [0.2, 0.25) is 0 Å². The molecule has 0 aliphatic carbocycles. The van der Waals surface area contributed by atoms with Gasteiger partial charge in [-0.15, -0.1) is 0 Å². The average molecular weight is 240 g/mol. The molecule has 0 aromatic carbocycles. The molecule has 0 atom stereocenters. The van der Waals surface area contributed by atoms with Crippen molar-refractivity contribution < 1.29 is 0 Å². The van der Waals surface area contributed by atoms with E-state index in [2.05, 4.69) is 36.0 Å². The molecular weight excluding hydrogens is 216 g/mol. The average Bonchev–Trinajstić information content (AvgIpc) is 2.69. The molecule has 0 bridgehead atoms. The molecule has 2 nitrogen and oxygen atoms in total. The zero-order chi connectivity index (χ0) is 11.9. The summed E-state index contributed by atoms with van der Waals surface area (Å²) in [6.45, 7) is 7.51. The molecule has 0 aliphatic rings. The third-order valence-corrected chi connectivity index (χ3v) is 3.67. The van der Waals surface area contributed by atoms with Crippen molar-refractivity contribution in [2.75, 3.05) is 13.1 Å². The molecular formula is C13H24N2S. The summed E-state index contributed by atoms with van der Waals surface area (Å²) in [4.78, 5) is 0. The highest BCUT2D eigenvalue weighted by molar-refractivity contribution is 7.07. The van der Waals surface area contributed by atoms with Crippen LogP contribution >= 0.6 is 11.3 Å². The summed E-state index contributed by atoms with van der Waals surface area (Å²) in [5, 5.41) is 7.80. The van der Waals surface area contributed by atoms with Crippen LogP contribution in [-0.2, 0) is 6.54 Å². The van der Waals surface area contributed by atoms with Gasteiger partial charge >= 0.3 is 0 Å². The van der Waals surface area contributed by atoms with Gasteiger partial charge < -0.3 is 11.1 Å². The van der Waals surface area contributed by atoms with E-state index in [-0.39, 0.29) is 0 Å². The lowest BCUT2D eigenvalue weighted by Gasteiger charge is -2.23.